The maximum atomic E-state index is 8.85. The molecule has 2 fully saturated rings. The summed E-state index contributed by atoms with van der Waals surface area (Å²) >= 11 is 0. The van der Waals surface area contributed by atoms with Gasteiger partial charge in [0.25, 0.3) is 0 Å². The van der Waals surface area contributed by atoms with E-state index < -0.39 is 0 Å². The van der Waals surface area contributed by atoms with Crippen molar-refractivity contribution in [2.75, 3.05) is 42.9 Å². The van der Waals surface area contributed by atoms with Gasteiger partial charge in [-0.1, -0.05) is 12.1 Å². The van der Waals surface area contributed by atoms with E-state index in [0.29, 0.717) is 5.56 Å². The maximum absolute atomic E-state index is 8.85. The van der Waals surface area contributed by atoms with E-state index in [1.54, 1.807) is 0 Å². The van der Waals surface area contributed by atoms with Crippen LogP contribution in [0.25, 0.3) is 0 Å². The van der Waals surface area contributed by atoms with E-state index in [9.17, 15) is 0 Å². The van der Waals surface area contributed by atoms with Crippen molar-refractivity contribution in [1.29, 1.82) is 5.26 Å². The average Bonchev–Trinajstić information content (AvgIpc) is 3.52. The number of anilines is 2. The van der Waals surface area contributed by atoms with Crippen LogP contribution in [0.2, 0.25) is 0 Å². The van der Waals surface area contributed by atoms with E-state index in [-0.39, 0.29) is 0 Å². The topological polar surface area (TPSA) is 42.3 Å². The van der Waals surface area contributed by atoms with Crippen LogP contribution in [0.3, 0.4) is 0 Å². The molecule has 2 aliphatic rings. The lowest BCUT2D eigenvalue weighted by Crippen LogP contribution is -2.47. The highest BCUT2D eigenvalue weighted by molar-refractivity contribution is 5.50. The highest BCUT2D eigenvalue weighted by Crippen LogP contribution is 2.30. The van der Waals surface area contributed by atoms with Crippen molar-refractivity contribution in [2.24, 2.45) is 5.92 Å². The number of nitrogens with one attached hydrogen (secondary N) is 1. The summed E-state index contributed by atoms with van der Waals surface area (Å²) in [5, 5.41) is 12.3. The van der Waals surface area contributed by atoms with Gasteiger partial charge in [0, 0.05) is 50.6 Å². The molecule has 1 aliphatic carbocycles. The van der Waals surface area contributed by atoms with Gasteiger partial charge >= 0.3 is 0 Å². The molecule has 0 atom stereocenters. The molecule has 134 valence electrons. The van der Waals surface area contributed by atoms with Gasteiger partial charge in [-0.2, -0.15) is 5.26 Å². The third kappa shape index (κ3) is 4.36. The highest BCUT2D eigenvalue weighted by Gasteiger charge is 2.26. The largest absolute Gasteiger partial charge is 0.381 e. The zero-order valence-corrected chi connectivity index (χ0v) is 15.2. The van der Waals surface area contributed by atoms with Crippen molar-refractivity contribution >= 4 is 11.4 Å². The molecule has 1 N–H and O–H groups in total. The van der Waals surface area contributed by atoms with Gasteiger partial charge in [-0.3, -0.25) is 4.90 Å². The summed E-state index contributed by atoms with van der Waals surface area (Å²) in [4.78, 5) is 5.13. The molecule has 4 heteroatoms. The van der Waals surface area contributed by atoms with E-state index in [4.69, 9.17) is 5.26 Å². The Hall–Kier alpha value is -2.51. The monoisotopic (exact) mass is 346 g/mol. The minimum absolute atomic E-state index is 0.692. The van der Waals surface area contributed by atoms with Crippen molar-refractivity contribution in [3.63, 3.8) is 0 Å². The highest BCUT2D eigenvalue weighted by atomic mass is 15.3. The summed E-state index contributed by atoms with van der Waals surface area (Å²) in [6.45, 7) is 6.76. The van der Waals surface area contributed by atoms with Crippen molar-refractivity contribution in [1.82, 2.24) is 4.90 Å². The summed E-state index contributed by atoms with van der Waals surface area (Å²) in [5.41, 5.74) is 4.33. The molecule has 1 saturated heterocycles. The second-order valence-corrected chi connectivity index (χ2v) is 7.44. The van der Waals surface area contributed by atoms with Gasteiger partial charge < -0.3 is 10.2 Å². The lowest BCUT2D eigenvalue weighted by atomic mass is 10.1. The first-order valence-corrected chi connectivity index (χ1v) is 9.60. The molecule has 2 aromatic rings. The molecule has 0 radical (unpaired) electrons. The number of nitriles is 1. The Labute approximate surface area is 156 Å². The predicted molar refractivity (Wildman–Crippen MR) is 106 cm³/mol. The Morgan fingerprint density at radius 3 is 2.23 bits per heavy atom. The number of nitrogens with zero attached hydrogens (tertiary/aromatic N) is 3. The molecule has 0 unspecified atom stereocenters. The third-order valence-electron chi connectivity index (χ3n) is 5.40. The summed E-state index contributed by atoms with van der Waals surface area (Å²) in [6, 6.07) is 18.6. The molecule has 0 amide bonds. The molecule has 26 heavy (non-hydrogen) atoms. The smallest absolute Gasteiger partial charge is 0.0991 e. The van der Waals surface area contributed by atoms with Gasteiger partial charge in [-0.15, -0.1) is 0 Å². The van der Waals surface area contributed by atoms with Crippen LogP contribution in [-0.4, -0.2) is 37.6 Å². The normalized spacial score (nSPS) is 17.7. The molecule has 2 aromatic carbocycles. The van der Waals surface area contributed by atoms with Crippen LogP contribution in [0.1, 0.15) is 24.0 Å². The van der Waals surface area contributed by atoms with Crippen LogP contribution in [0.15, 0.2) is 48.5 Å². The Kier molecular flexibility index (Phi) is 5.08. The number of benzene rings is 2. The van der Waals surface area contributed by atoms with Gasteiger partial charge in [-0.25, -0.2) is 0 Å². The van der Waals surface area contributed by atoms with Crippen LogP contribution < -0.4 is 10.2 Å². The summed E-state index contributed by atoms with van der Waals surface area (Å²) in [5.74, 6) is 0.990. The summed E-state index contributed by atoms with van der Waals surface area (Å²) < 4.78 is 0. The van der Waals surface area contributed by atoms with Gasteiger partial charge in [0.15, 0.2) is 0 Å². The van der Waals surface area contributed by atoms with Gasteiger partial charge in [0.2, 0.25) is 0 Å². The van der Waals surface area contributed by atoms with Crippen LogP contribution in [0.4, 0.5) is 11.4 Å². The van der Waals surface area contributed by atoms with Crippen molar-refractivity contribution in [2.45, 2.75) is 19.4 Å². The zero-order chi connectivity index (χ0) is 17.8. The Morgan fingerprint density at radius 1 is 0.923 bits per heavy atom. The maximum Gasteiger partial charge on any atom is 0.0991 e. The zero-order valence-electron chi connectivity index (χ0n) is 15.2. The van der Waals surface area contributed by atoms with Crippen LogP contribution >= 0.6 is 0 Å². The van der Waals surface area contributed by atoms with E-state index in [1.165, 1.54) is 43.7 Å². The molecule has 1 saturated carbocycles. The average molecular weight is 346 g/mol. The summed E-state index contributed by atoms with van der Waals surface area (Å²) in [6.07, 6.45) is 2.89. The minimum atomic E-state index is 0.692. The molecule has 1 heterocycles. The first-order valence-electron chi connectivity index (χ1n) is 9.60. The number of hydrogen-bond acceptors (Lipinski definition) is 4. The van der Waals surface area contributed by atoms with Crippen molar-refractivity contribution in [3.8, 4) is 6.07 Å². The van der Waals surface area contributed by atoms with Gasteiger partial charge in [0.1, 0.15) is 0 Å². The Morgan fingerprint density at radius 2 is 1.62 bits per heavy atom. The van der Waals surface area contributed by atoms with Crippen LogP contribution in [-0.2, 0) is 6.54 Å². The van der Waals surface area contributed by atoms with Crippen molar-refractivity contribution < 1.29 is 0 Å². The number of hydrogen-bond donors (Lipinski definition) is 1. The fourth-order valence-electron chi connectivity index (χ4n) is 3.55. The first kappa shape index (κ1) is 16.9. The lowest BCUT2D eigenvalue weighted by Gasteiger charge is -2.36. The minimum Gasteiger partial charge on any atom is -0.381 e. The number of rotatable bonds is 6. The molecule has 4 nitrogen and oxygen atoms in total. The molecule has 1 aliphatic heterocycles. The molecule has 0 aromatic heterocycles. The van der Waals surface area contributed by atoms with E-state index in [0.717, 1.165) is 31.2 Å². The molecule has 0 bridgehead atoms. The quantitative estimate of drug-likeness (QED) is 0.866. The van der Waals surface area contributed by atoms with Gasteiger partial charge in [-0.05, 0) is 60.7 Å². The van der Waals surface area contributed by atoms with E-state index in [1.807, 2.05) is 24.3 Å². The third-order valence-corrected chi connectivity index (χ3v) is 5.40. The lowest BCUT2D eigenvalue weighted by molar-refractivity contribution is 0.248. The Balaban J connectivity index is 1.27. The SMILES string of the molecule is N#Cc1ccc(NCc2ccc(N3CCN(CC4CC4)CC3)cc2)cc1. The van der Waals surface area contributed by atoms with Crippen LogP contribution in [0, 0.1) is 17.2 Å². The van der Waals surface area contributed by atoms with Gasteiger partial charge in [0.05, 0.1) is 11.6 Å². The second-order valence-electron chi connectivity index (χ2n) is 7.44. The van der Waals surface area contributed by atoms with Crippen LogP contribution in [0.5, 0.6) is 0 Å². The first-order chi connectivity index (χ1) is 12.8. The predicted octanol–water partition coefficient (Wildman–Crippen LogP) is 3.70. The molecular formula is C22H26N4. The van der Waals surface area contributed by atoms with E-state index >= 15 is 0 Å². The molecular weight excluding hydrogens is 320 g/mol. The molecule has 4 rings (SSSR count). The number of piperazine rings is 1. The second kappa shape index (κ2) is 7.80. The fraction of sp³-hybridized carbons (Fsp3) is 0.409. The van der Waals surface area contributed by atoms with E-state index in [2.05, 4.69) is 45.5 Å². The summed E-state index contributed by atoms with van der Waals surface area (Å²) in [7, 11) is 0. The standard InChI is InChI=1S/C22H26N4/c23-15-18-3-7-21(8-4-18)24-16-19-5-9-22(10-6-19)26-13-11-25(12-14-26)17-20-1-2-20/h3-10,20,24H,1-2,11-14,16-17H2. The molecule has 0 spiro atoms. The van der Waals surface area contributed by atoms with Crippen molar-refractivity contribution in [3.05, 3.63) is 59.7 Å². The fourth-order valence-corrected chi connectivity index (χ4v) is 3.55. The Bertz CT molecular complexity index is 748.